The molecule has 128 valence electrons. The van der Waals surface area contributed by atoms with Crippen molar-refractivity contribution in [2.75, 3.05) is 39.6 Å². The molecule has 0 aromatic rings. The molecule has 0 aromatic heterocycles. The number of ether oxygens (including phenoxy) is 2. The second kappa shape index (κ2) is 14.9. The first-order chi connectivity index (χ1) is 10.1. The van der Waals surface area contributed by atoms with Crippen LogP contribution in [0.4, 0.5) is 0 Å². The average Bonchev–Trinajstić information content (AvgIpc) is 2.45. The summed E-state index contributed by atoms with van der Waals surface area (Å²) in [6, 6.07) is 0. The van der Waals surface area contributed by atoms with Crippen molar-refractivity contribution >= 4 is 7.82 Å². The zero-order chi connectivity index (χ0) is 15.8. The van der Waals surface area contributed by atoms with E-state index in [1.165, 1.54) is 0 Å². The van der Waals surface area contributed by atoms with Crippen LogP contribution in [-0.4, -0.2) is 44.5 Å². The molecule has 0 bridgehead atoms. The van der Waals surface area contributed by atoms with Gasteiger partial charge in [0.25, 0.3) is 0 Å². The first kappa shape index (κ1) is 21.0. The standard InChI is InChI=1S/C14H31O6P/c1-3-5-9-17-11-7-13-19-21(15,16)20-14-8-12-18-10-6-4-2/h3-14H2,1-2H3,(H,15,16). The molecule has 0 unspecified atom stereocenters. The molecule has 0 rings (SSSR count). The van der Waals surface area contributed by atoms with Gasteiger partial charge in [-0.15, -0.1) is 0 Å². The molecule has 1 N–H and O–H groups in total. The van der Waals surface area contributed by atoms with Crippen LogP contribution in [0.25, 0.3) is 0 Å². The van der Waals surface area contributed by atoms with Crippen LogP contribution in [0.2, 0.25) is 0 Å². The van der Waals surface area contributed by atoms with Gasteiger partial charge in [-0.05, 0) is 25.7 Å². The molecule has 0 aliphatic rings. The van der Waals surface area contributed by atoms with E-state index in [9.17, 15) is 9.46 Å². The van der Waals surface area contributed by atoms with Crippen molar-refractivity contribution in [3.63, 3.8) is 0 Å². The molecule has 0 amide bonds. The largest absolute Gasteiger partial charge is 0.472 e. The van der Waals surface area contributed by atoms with Gasteiger partial charge in [-0.1, -0.05) is 26.7 Å². The Morgan fingerprint density at radius 2 is 1.10 bits per heavy atom. The Kier molecular flexibility index (Phi) is 15.0. The van der Waals surface area contributed by atoms with Crippen molar-refractivity contribution in [1.29, 1.82) is 0 Å². The molecule has 0 atom stereocenters. The molecule has 0 aliphatic heterocycles. The van der Waals surface area contributed by atoms with Crippen LogP contribution >= 0.6 is 7.82 Å². The summed E-state index contributed by atoms with van der Waals surface area (Å²) in [4.78, 5) is 9.43. The van der Waals surface area contributed by atoms with Crippen molar-refractivity contribution in [2.45, 2.75) is 52.4 Å². The minimum atomic E-state index is -3.93. The molecule has 0 fully saturated rings. The van der Waals surface area contributed by atoms with Gasteiger partial charge in [-0.25, -0.2) is 4.57 Å². The summed E-state index contributed by atoms with van der Waals surface area (Å²) in [5, 5.41) is 0. The van der Waals surface area contributed by atoms with Gasteiger partial charge in [-0.3, -0.25) is 9.05 Å². The Morgan fingerprint density at radius 1 is 0.714 bits per heavy atom. The van der Waals surface area contributed by atoms with E-state index in [4.69, 9.17) is 18.5 Å². The monoisotopic (exact) mass is 326 g/mol. The SMILES string of the molecule is CCCCOCCCOP(=O)(O)OCCCOCCCC. The molecule has 0 saturated carbocycles. The highest BCUT2D eigenvalue weighted by atomic mass is 31.2. The number of phosphoric ester groups is 1. The van der Waals surface area contributed by atoms with Crippen LogP contribution in [0, 0.1) is 0 Å². The van der Waals surface area contributed by atoms with Gasteiger partial charge in [0.05, 0.1) is 13.2 Å². The fourth-order valence-electron chi connectivity index (χ4n) is 1.42. The number of unbranched alkanes of at least 4 members (excludes halogenated alkanes) is 2. The van der Waals surface area contributed by atoms with Crippen LogP contribution in [0.3, 0.4) is 0 Å². The van der Waals surface area contributed by atoms with Gasteiger partial charge in [-0.2, -0.15) is 0 Å². The number of rotatable bonds is 16. The molecular weight excluding hydrogens is 295 g/mol. The van der Waals surface area contributed by atoms with Crippen LogP contribution in [0.5, 0.6) is 0 Å². The lowest BCUT2D eigenvalue weighted by atomic mass is 10.4. The summed E-state index contributed by atoms with van der Waals surface area (Å²) in [6.45, 7) is 7.03. The van der Waals surface area contributed by atoms with Gasteiger partial charge in [0.15, 0.2) is 0 Å². The molecule has 0 heterocycles. The predicted octanol–water partition coefficient (Wildman–Crippen LogP) is 3.53. The Balaban J connectivity index is 3.37. The summed E-state index contributed by atoms with van der Waals surface area (Å²) in [5.74, 6) is 0. The number of hydrogen-bond donors (Lipinski definition) is 1. The van der Waals surface area contributed by atoms with Crippen LogP contribution in [-0.2, 0) is 23.1 Å². The van der Waals surface area contributed by atoms with Crippen molar-refractivity contribution in [1.82, 2.24) is 0 Å². The lowest BCUT2D eigenvalue weighted by Gasteiger charge is -2.12. The van der Waals surface area contributed by atoms with Crippen LogP contribution in [0.1, 0.15) is 52.4 Å². The van der Waals surface area contributed by atoms with Crippen molar-refractivity contribution in [2.24, 2.45) is 0 Å². The summed E-state index contributed by atoms with van der Waals surface area (Å²) < 4.78 is 31.9. The highest BCUT2D eigenvalue weighted by Gasteiger charge is 2.19. The fourth-order valence-corrected chi connectivity index (χ4v) is 2.21. The van der Waals surface area contributed by atoms with E-state index in [-0.39, 0.29) is 13.2 Å². The summed E-state index contributed by atoms with van der Waals surface area (Å²) in [5.41, 5.74) is 0. The smallest absolute Gasteiger partial charge is 0.381 e. The van der Waals surface area contributed by atoms with Gasteiger partial charge >= 0.3 is 7.82 Å². The minimum absolute atomic E-state index is 0.160. The highest BCUT2D eigenvalue weighted by molar-refractivity contribution is 7.47. The maximum atomic E-state index is 11.5. The topological polar surface area (TPSA) is 74.2 Å². The zero-order valence-corrected chi connectivity index (χ0v) is 14.3. The molecule has 21 heavy (non-hydrogen) atoms. The maximum Gasteiger partial charge on any atom is 0.472 e. The van der Waals surface area contributed by atoms with E-state index in [0.717, 1.165) is 38.9 Å². The Hall–Kier alpha value is 0.0300. The van der Waals surface area contributed by atoms with Crippen LogP contribution < -0.4 is 0 Å². The lowest BCUT2D eigenvalue weighted by Crippen LogP contribution is -2.04. The summed E-state index contributed by atoms with van der Waals surface area (Å²) in [7, 11) is -3.93. The highest BCUT2D eigenvalue weighted by Crippen LogP contribution is 2.43. The maximum absolute atomic E-state index is 11.5. The van der Waals surface area contributed by atoms with Crippen molar-refractivity contribution in [3.05, 3.63) is 0 Å². The van der Waals surface area contributed by atoms with Crippen molar-refractivity contribution < 1.29 is 28.0 Å². The first-order valence-corrected chi connectivity index (χ1v) is 9.39. The number of hydrogen-bond acceptors (Lipinski definition) is 5. The Morgan fingerprint density at radius 3 is 1.48 bits per heavy atom. The molecular formula is C14H31O6P. The van der Waals surface area contributed by atoms with Gasteiger partial charge < -0.3 is 14.4 Å². The lowest BCUT2D eigenvalue weighted by molar-refractivity contribution is 0.0907. The van der Waals surface area contributed by atoms with Gasteiger partial charge in [0.2, 0.25) is 0 Å². The summed E-state index contributed by atoms with van der Waals surface area (Å²) >= 11 is 0. The second-order valence-electron chi connectivity index (χ2n) is 4.77. The first-order valence-electron chi connectivity index (χ1n) is 7.89. The van der Waals surface area contributed by atoms with E-state index >= 15 is 0 Å². The predicted molar refractivity (Wildman–Crippen MR) is 82.4 cm³/mol. The number of phosphoric acid groups is 1. The van der Waals surface area contributed by atoms with E-state index in [1.54, 1.807) is 0 Å². The van der Waals surface area contributed by atoms with Crippen LogP contribution in [0.15, 0.2) is 0 Å². The van der Waals surface area contributed by atoms with E-state index in [2.05, 4.69) is 13.8 Å². The normalized spacial score (nSPS) is 12.0. The third-order valence-corrected chi connectivity index (χ3v) is 3.68. The summed E-state index contributed by atoms with van der Waals surface area (Å²) in [6.07, 6.45) is 5.41. The fraction of sp³-hybridized carbons (Fsp3) is 1.00. The van der Waals surface area contributed by atoms with E-state index in [1.807, 2.05) is 0 Å². The quantitative estimate of drug-likeness (QED) is 0.345. The van der Waals surface area contributed by atoms with E-state index in [0.29, 0.717) is 26.1 Å². The minimum Gasteiger partial charge on any atom is -0.381 e. The van der Waals surface area contributed by atoms with E-state index < -0.39 is 7.82 Å². The molecule has 0 saturated heterocycles. The van der Waals surface area contributed by atoms with Gasteiger partial charge in [0.1, 0.15) is 0 Å². The third-order valence-electron chi connectivity index (χ3n) is 2.66. The molecule has 0 aliphatic carbocycles. The Labute approximate surface area is 128 Å². The molecule has 0 aromatic carbocycles. The Bertz CT molecular complexity index is 240. The second-order valence-corrected chi connectivity index (χ2v) is 6.23. The molecule has 6 nitrogen and oxygen atoms in total. The molecule has 7 heteroatoms. The van der Waals surface area contributed by atoms with Gasteiger partial charge in [0, 0.05) is 26.4 Å². The third kappa shape index (κ3) is 16.2. The zero-order valence-electron chi connectivity index (χ0n) is 13.4. The molecule has 0 radical (unpaired) electrons. The molecule has 0 spiro atoms. The van der Waals surface area contributed by atoms with Crippen molar-refractivity contribution in [3.8, 4) is 0 Å². The average molecular weight is 326 g/mol.